The number of carbonyl (C=O) groups is 1. The minimum absolute atomic E-state index is 0.0330. The van der Waals surface area contributed by atoms with Crippen LogP contribution < -0.4 is 11.1 Å². The topological polar surface area (TPSA) is 87.4 Å². The number of halogens is 4. The lowest BCUT2D eigenvalue weighted by Crippen LogP contribution is -2.56. The van der Waals surface area contributed by atoms with E-state index in [0.29, 0.717) is 16.8 Å². The fourth-order valence-corrected chi connectivity index (χ4v) is 5.38. The van der Waals surface area contributed by atoms with E-state index in [1.54, 1.807) is 0 Å². The number of likely N-dealkylation sites (tertiary alicyclic amines) is 1. The normalized spacial score (nSPS) is 17.0. The third kappa shape index (κ3) is 4.36. The molecule has 1 saturated heterocycles. The van der Waals surface area contributed by atoms with Gasteiger partial charge in [-0.05, 0) is 36.4 Å². The number of rotatable bonds is 5. The molecule has 0 unspecified atom stereocenters. The van der Waals surface area contributed by atoms with Gasteiger partial charge in [0.25, 0.3) is 0 Å². The monoisotopic (exact) mass is 508 g/mol. The maximum atomic E-state index is 13.6. The van der Waals surface area contributed by atoms with E-state index < -0.39 is 17.6 Å². The van der Waals surface area contributed by atoms with Crippen molar-refractivity contribution in [1.82, 2.24) is 19.8 Å². The van der Waals surface area contributed by atoms with E-state index >= 15 is 0 Å². The number of benzene rings is 1. The molecule has 5 rings (SSSR count). The van der Waals surface area contributed by atoms with Crippen LogP contribution in [0, 0.1) is 0 Å². The zero-order valence-corrected chi connectivity index (χ0v) is 19.6. The molecule has 34 heavy (non-hydrogen) atoms. The van der Waals surface area contributed by atoms with Crippen LogP contribution in [0.1, 0.15) is 27.0 Å². The number of amides is 1. The molecule has 0 saturated carbocycles. The van der Waals surface area contributed by atoms with E-state index in [0.717, 1.165) is 54.8 Å². The summed E-state index contributed by atoms with van der Waals surface area (Å²) >= 11 is 7.43. The van der Waals surface area contributed by atoms with Crippen molar-refractivity contribution in [2.45, 2.75) is 25.3 Å². The minimum atomic E-state index is -4.67. The van der Waals surface area contributed by atoms with Gasteiger partial charge >= 0.3 is 6.18 Å². The molecule has 1 amide bonds. The van der Waals surface area contributed by atoms with Gasteiger partial charge in [-0.15, -0.1) is 11.3 Å². The van der Waals surface area contributed by atoms with Gasteiger partial charge in [0.05, 0.1) is 26.8 Å². The molecule has 2 aromatic heterocycles. The molecular weight excluding hydrogens is 489 g/mol. The van der Waals surface area contributed by atoms with Crippen LogP contribution in [-0.4, -0.2) is 51.9 Å². The SMILES string of the molecule is CN1CC(N2Cc3cc(Cl)c(Nc4ncc(C(F)(F)F)c(-c5cc(C(N)=O)cs5)n4)cc3C2)C1. The lowest BCUT2D eigenvalue weighted by molar-refractivity contribution is -0.137. The average molecular weight is 509 g/mol. The Hall–Kier alpha value is -2.73. The number of aromatic nitrogens is 2. The van der Waals surface area contributed by atoms with Gasteiger partial charge in [-0.3, -0.25) is 9.69 Å². The number of carbonyl (C=O) groups excluding carboxylic acids is 1. The van der Waals surface area contributed by atoms with E-state index in [1.165, 1.54) is 11.4 Å². The molecule has 2 aliphatic rings. The van der Waals surface area contributed by atoms with Crippen LogP contribution in [-0.2, 0) is 19.3 Å². The molecule has 12 heteroatoms. The molecule has 0 aliphatic carbocycles. The van der Waals surface area contributed by atoms with Gasteiger partial charge in [0.2, 0.25) is 11.9 Å². The van der Waals surface area contributed by atoms with Gasteiger partial charge in [0, 0.05) is 43.8 Å². The summed E-state index contributed by atoms with van der Waals surface area (Å²) in [4.78, 5) is 24.2. The molecule has 0 radical (unpaired) electrons. The Morgan fingerprint density at radius 1 is 1.24 bits per heavy atom. The molecule has 2 aliphatic heterocycles. The Morgan fingerprint density at radius 3 is 2.56 bits per heavy atom. The van der Waals surface area contributed by atoms with E-state index in [1.807, 2.05) is 12.1 Å². The van der Waals surface area contributed by atoms with Crippen molar-refractivity contribution in [3.8, 4) is 10.6 Å². The number of thiophene rings is 1. The van der Waals surface area contributed by atoms with Crippen LogP contribution >= 0.6 is 22.9 Å². The fraction of sp³-hybridized carbons (Fsp3) is 0.318. The van der Waals surface area contributed by atoms with Crippen molar-refractivity contribution in [3.63, 3.8) is 0 Å². The highest BCUT2D eigenvalue weighted by atomic mass is 35.5. The van der Waals surface area contributed by atoms with Crippen LogP contribution in [0.5, 0.6) is 0 Å². The van der Waals surface area contributed by atoms with Crippen molar-refractivity contribution in [3.05, 3.63) is 57.1 Å². The predicted molar refractivity (Wildman–Crippen MR) is 124 cm³/mol. The number of nitrogens with one attached hydrogen (secondary N) is 1. The Balaban J connectivity index is 1.44. The number of hydrogen-bond donors (Lipinski definition) is 2. The van der Waals surface area contributed by atoms with E-state index in [9.17, 15) is 18.0 Å². The molecule has 0 bridgehead atoms. The predicted octanol–water partition coefficient (Wildman–Crippen LogP) is 4.35. The highest BCUT2D eigenvalue weighted by Gasteiger charge is 2.36. The average Bonchev–Trinajstić information content (AvgIpc) is 3.38. The Labute approximate surface area is 202 Å². The molecule has 3 aromatic rings. The molecule has 3 N–H and O–H groups in total. The quantitative estimate of drug-likeness (QED) is 0.533. The highest BCUT2D eigenvalue weighted by Crippen LogP contribution is 2.39. The maximum absolute atomic E-state index is 13.6. The van der Waals surface area contributed by atoms with Crippen LogP contribution in [0.25, 0.3) is 10.6 Å². The molecule has 1 aromatic carbocycles. The first kappa shape index (κ1) is 23.0. The molecule has 1 fully saturated rings. The van der Waals surface area contributed by atoms with Gasteiger partial charge in [0.1, 0.15) is 5.56 Å². The summed E-state index contributed by atoms with van der Waals surface area (Å²) in [5.41, 5.74) is 6.79. The third-order valence-corrected chi connectivity index (χ3v) is 7.31. The van der Waals surface area contributed by atoms with Crippen molar-refractivity contribution in [2.24, 2.45) is 5.73 Å². The molecular formula is C22H20ClF3N6OS. The van der Waals surface area contributed by atoms with Gasteiger partial charge in [-0.1, -0.05) is 11.6 Å². The molecule has 0 spiro atoms. The zero-order chi connectivity index (χ0) is 24.2. The summed E-state index contributed by atoms with van der Waals surface area (Å²) in [7, 11) is 2.09. The Bertz CT molecular complexity index is 1270. The second-order valence-electron chi connectivity index (χ2n) is 8.52. The highest BCUT2D eigenvalue weighted by molar-refractivity contribution is 7.13. The summed E-state index contributed by atoms with van der Waals surface area (Å²) in [6, 6.07) is 5.58. The Morgan fingerprint density at radius 2 is 1.94 bits per heavy atom. The van der Waals surface area contributed by atoms with Crippen LogP contribution in [0.4, 0.5) is 24.8 Å². The number of nitrogens with zero attached hydrogens (tertiary/aromatic N) is 4. The lowest BCUT2D eigenvalue weighted by atomic mass is 10.1. The van der Waals surface area contributed by atoms with Crippen molar-refractivity contribution in [1.29, 1.82) is 0 Å². The van der Waals surface area contributed by atoms with Crippen molar-refractivity contribution in [2.75, 3.05) is 25.5 Å². The number of likely N-dealkylation sites (N-methyl/N-ethyl adjacent to an activating group) is 1. The smallest absolute Gasteiger partial charge is 0.366 e. The summed E-state index contributed by atoms with van der Waals surface area (Å²) in [6.07, 6.45) is -3.95. The van der Waals surface area contributed by atoms with Gasteiger partial charge in [-0.2, -0.15) is 13.2 Å². The zero-order valence-electron chi connectivity index (χ0n) is 18.0. The first-order valence-corrected chi connectivity index (χ1v) is 11.7. The lowest BCUT2D eigenvalue weighted by Gasteiger charge is -2.41. The molecule has 0 atom stereocenters. The number of fused-ring (bicyclic) bond motifs is 1. The van der Waals surface area contributed by atoms with Crippen molar-refractivity contribution >= 4 is 40.5 Å². The second-order valence-corrected chi connectivity index (χ2v) is 9.84. The van der Waals surface area contributed by atoms with Gasteiger partial charge in [-0.25, -0.2) is 9.97 Å². The van der Waals surface area contributed by atoms with Crippen molar-refractivity contribution < 1.29 is 18.0 Å². The fourth-order valence-electron chi connectivity index (χ4n) is 4.25. The summed E-state index contributed by atoms with van der Waals surface area (Å²) in [5, 5.41) is 4.80. The number of anilines is 2. The summed E-state index contributed by atoms with van der Waals surface area (Å²) in [6.45, 7) is 3.64. The first-order chi connectivity index (χ1) is 16.1. The summed E-state index contributed by atoms with van der Waals surface area (Å²) in [5.74, 6) is -0.759. The van der Waals surface area contributed by atoms with Crippen LogP contribution in [0.3, 0.4) is 0 Å². The minimum Gasteiger partial charge on any atom is -0.366 e. The van der Waals surface area contributed by atoms with E-state index in [4.69, 9.17) is 17.3 Å². The van der Waals surface area contributed by atoms with Gasteiger partial charge in [0.15, 0.2) is 0 Å². The second kappa shape index (κ2) is 8.49. The molecule has 7 nitrogen and oxygen atoms in total. The molecule has 178 valence electrons. The van der Waals surface area contributed by atoms with Crippen LogP contribution in [0.2, 0.25) is 5.02 Å². The summed E-state index contributed by atoms with van der Waals surface area (Å²) < 4.78 is 40.8. The van der Waals surface area contributed by atoms with Gasteiger partial charge < -0.3 is 16.0 Å². The van der Waals surface area contributed by atoms with E-state index in [2.05, 4.69) is 32.1 Å². The third-order valence-electron chi connectivity index (χ3n) is 6.06. The number of primary amides is 1. The first-order valence-electron chi connectivity index (χ1n) is 10.4. The number of hydrogen-bond acceptors (Lipinski definition) is 7. The largest absolute Gasteiger partial charge is 0.420 e. The maximum Gasteiger partial charge on any atom is 0.420 e. The number of alkyl halides is 3. The number of nitrogens with two attached hydrogens (primary N) is 1. The van der Waals surface area contributed by atoms with E-state index in [-0.39, 0.29) is 22.1 Å². The molecule has 4 heterocycles. The Kier molecular flexibility index (Phi) is 5.75. The standard InChI is InChI=1S/C22H20ClF3N6OS/c1-31-8-14(9-31)32-6-11-2-16(23)17(3-12(11)7-32)29-21-28-5-15(22(24,25)26)19(30-21)18-4-13(10-34-18)20(27)33/h2-5,10,14H,6-9H2,1H3,(H2,27,33)(H,28,29,30). The van der Waals surface area contributed by atoms with Crippen LogP contribution in [0.15, 0.2) is 29.8 Å².